The standard InChI is InChI=1S/C16H15F3N4O.C10H14N2/c1-3-24-14-5-4-9(6-10(14)16(17,18)19)11-7-12(22-2)15(21)13(8-20)23-11;1-9-4-5-10(11-8-9)12-6-2-3-7-12/h4-7H,3,21H2,1-2H3,(H,22,23);4-5,8H,2-3,6-7H2,1H3. The average Bonchev–Trinajstić information content (AvgIpc) is 3.40. The number of hydrogen-bond donors (Lipinski definition) is 2. The first-order chi connectivity index (χ1) is 17.2. The van der Waals surface area contributed by atoms with E-state index >= 15 is 0 Å². The van der Waals surface area contributed by atoms with Crippen molar-refractivity contribution in [1.82, 2.24) is 9.97 Å². The second-order valence-electron chi connectivity index (χ2n) is 8.21. The van der Waals surface area contributed by atoms with Crippen LogP contribution < -0.4 is 20.7 Å². The number of nitrogens with one attached hydrogen (secondary N) is 1. The molecule has 3 N–H and O–H groups in total. The van der Waals surface area contributed by atoms with Crippen molar-refractivity contribution in [3.05, 3.63) is 59.4 Å². The Hall–Kier alpha value is -4.00. The van der Waals surface area contributed by atoms with Crippen LogP contribution in [0.3, 0.4) is 0 Å². The molecule has 1 aromatic carbocycles. The van der Waals surface area contributed by atoms with Crippen molar-refractivity contribution in [2.24, 2.45) is 0 Å². The Labute approximate surface area is 208 Å². The van der Waals surface area contributed by atoms with Gasteiger partial charge in [0.2, 0.25) is 0 Å². The van der Waals surface area contributed by atoms with Gasteiger partial charge in [-0.15, -0.1) is 0 Å². The van der Waals surface area contributed by atoms with E-state index < -0.39 is 11.7 Å². The number of aryl methyl sites for hydroxylation is 1. The summed E-state index contributed by atoms with van der Waals surface area (Å²) in [6.07, 6.45) is -0.00299. The zero-order valence-electron chi connectivity index (χ0n) is 20.5. The summed E-state index contributed by atoms with van der Waals surface area (Å²) < 4.78 is 44.8. The van der Waals surface area contributed by atoms with Gasteiger partial charge in [-0.2, -0.15) is 18.4 Å². The van der Waals surface area contributed by atoms with Gasteiger partial charge in [-0.1, -0.05) is 6.07 Å². The lowest BCUT2D eigenvalue weighted by molar-refractivity contribution is -0.138. The lowest BCUT2D eigenvalue weighted by Gasteiger charge is -2.15. The summed E-state index contributed by atoms with van der Waals surface area (Å²) in [7, 11) is 1.59. The summed E-state index contributed by atoms with van der Waals surface area (Å²) in [6, 6.07) is 11.2. The number of anilines is 3. The molecular weight excluding hydrogens is 469 g/mol. The van der Waals surface area contributed by atoms with Gasteiger partial charge in [-0.3, -0.25) is 0 Å². The first-order valence-corrected chi connectivity index (χ1v) is 11.6. The van der Waals surface area contributed by atoms with E-state index in [2.05, 4.69) is 39.2 Å². The van der Waals surface area contributed by atoms with E-state index in [9.17, 15) is 13.2 Å². The second-order valence-corrected chi connectivity index (χ2v) is 8.21. The Morgan fingerprint density at radius 2 is 1.89 bits per heavy atom. The van der Waals surface area contributed by atoms with Crippen LogP contribution in [0.2, 0.25) is 0 Å². The molecule has 0 bridgehead atoms. The van der Waals surface area contributed by atoms with Crippen LogP contribution in [0.15, 0.2) is 42.6 Å². The van der Waals surface area contributed by atoms with E-state index in [1.807, 2.05) is 12.3 Å². The lowest BCUT2D eigenvalue weighted by Crippen LogP contribution is -2.18. The molecule has 0 spiro atoms. The fourth-order valence-electron chi connectivity index (χ4n) is 3.78. The fourth-order valence-corrected chi connectivity index (χ4v) is 3.78. The third-order valence-electron chi connectivity index (χ3n) is 5.64. The first kappa shape index (κ1) is 26.6. The maximum atomic E-state index is 13.2. The summed E-state index contributed by atoms with van der Waals surface area (Å²) in [6.45, 7) is 6.14. The van der Waals surface area contributed by atoms with Gasteiger partial charge in [-0.05, 0) is 62.6 Å². The van der Waals surface area contributed by atoms with Gasteiger partial charge in [0, 0.05) is 31.9 Å². The highest BCUT2D eigenvalue weighted by atomic mass is 19.4. The molecule has 190 valence electrons. The van der Waals surface area contributed by atoms with Gasteiger partial charge >= 0.3 is 6.18 Å². The SMILES string of the molecule is CCOc1ccc(-c2cc(NC)c(N)c(C#N)n2)cc1C(F)(F)F.Cc1ccc(N2CCCC2)nc1. The van der Waals surface area contributed by atoms with Gasteiger partial charge in [-0.25, -0.2) is 9.97 Å². The van der Waals surface area contributed by atoms with Crippen LogP contribution in [0.25, 0.3) is 11.3 Å². The lowest BCUT2D eigenvalue weighted by atomic mass is 10.0. The molecule has 0 amide bonds. The number of ether oxygens (including phenoxy) is 1. The summed E-state index contributed by atoms with van der Waals surface area (Å²) in [5.74, 6) is 0.886. The molecule has 1 aliphatic heterocycles. The molecule has 7 nitrogen and oxygen atoms in total. The number of halogens is 3. The monoisotopic (exact) mass is 498 g/mol. The minimum absolute atomic E-state index is 0.0562. The van der Waals surface area contributed by atoms with E-state index in [1.165, 1.54) is 49.7 Å². The van der Waals surface area contributed by atoms with Gasteiger partial charge in [0.1, 0.15) is 17.6 Å². The van der Waals surface area contributed by atoms with Crippen LogP contribution in [-0.2, 0) is 6.18 Å². The molecule has 0 saturated carbocycles. The van der Waals surface area contributed by atoms with Crippen molar-refractivity contribution in [3.8, 4) is 23.1 Å². The van der Waals surface area contributed by atoms with Crippen LogP contribution in [0.1, 0.15) is 36.6 Å². The molecule has 1 aliphatic rings. The molecule has 3 aromatic rings. The van der Waals surface area contributed by atoms with Crippen molar-refractivity contribution in [1.29, 1.82) is 5.26 Å². The molecule has 0 atom stereocenters. The summed E-state index contributed by atoms with van der Waals surface area (Å²) in [4.78, 5) is 10.8. The summed E-state index contributed by atoms with van der Waals surface area (Å²) >= 11 is 0. The minimum Gasteiger partial charge on any atom is -0.493 e. The Kier molecular flexibility index (Phi) is 8.59. The number of nitrogens with zero attached hydrogens (tertiary/aromatic N) is 4. The van der Waals surface area contributed by atoms with Crippen molar-refractivity contribution in [2.75, 3.05) is 42.7 Å². The van der Waals surface area contributed by atoms with Gasteiger partial charge in [0.15, 0.2) is 5.69 Å². The fraction of sp³-hybridized carbons (Fsp3) is 0.346. The predicted octanol–water partition coefficient (Wildman–Crippen LogP) is 5.65. The molecule has 1 fully saturated rings. The number of nitriles is 1. The topological polar surface area (TPSA) is 100 Å². The first-order valence-electron chi connectivity index (χ1n) is 11.6. The molecule has 2 aromatic heterocycles. The highest BCUT2D eigenvalue weighted by Crippen LogP contribution is 2.39. The predicted molar refractivity (Wildman–Crippen MR) is 135 cm³/mol. The quantitative estimate of drug-likeness (QED) is 0.469. The van der Waals surface area contributed by atoms with Crippen molar-refractivity contribution in [3.63, 3.8) is 0 Å². The Bertz CT molecular complexity index is 1220. The number of hydrogen-bond acceptors (Lipinski definition) is 7. The van der Waals surface area contributed by atoms with Crippen LogP contribution >= 0.6 is 0 Å². The smallest absolute Gasteiger partial charge is 0.419 e. The largest absolute Gasteiger partial charge is 0.493 e. The molecule has 10 heteroatoms. The normalized spacial score (nSPS) is 13.0. The van der Waals surface area contributed by atoms with Crippen LogP contribution in [-0.4, -0.2) is 36.7 Å². The number of pyridine rings is 2. The number of nitrogen functional groups attached to an aromatic ring is 1. The second kappa shape index (κ2) is 11.6. The Morgan fingerprint density at radius 3 is 2.44 bits per heavy atom. The molecule has 36 heavy (non-hydrogen) atoms. The highest BCUT2D eigenvalue weighted by molar-refractivity contribution is 5.77. The summed E-state index contributed by atoms with van der Waals surface area (Å²) in [5, 5.41) is 11.9. The van der Waals surface area contributed by atoms with Crippen LogP contribution in [0, 0.1) is 18.3 Å². The van der Waals surface area contributed by atoms with E-state index in [0.29, 0.717) is 5.69 Å². The van der Waals surface area contributed by atoms with E-state index in [-0.39, 0.29) is 35.0 Å². The van der Waals surface area contributed by atoms with Gasteiger partial charge in [0.05, 0.1) is 29.2 Å². The zero-order chi connectivity index (χ0) is 26.3. The third-order valence-corrected chi connectivity index (χ3v) is 5.64. The number of nitrogens with two attached hydrogens (primary N) is 1. The van der Waals surface area contributed by atoms with Gasteiger partial charge < -0.3 is 20.7 Å². The number of aromatic nitrogens is 2. The Balaban J connectivity index is 0.000000249. The molecule has 0 aliphatic carbocycles. The highest BCUT2D eigenvalue weighted by Gasteiger charge is 2.35. The van der Waals surface area contributed by atoms with Crippen molar-refractivity contribution in [2.45, 2.75) is 32.9 Å². The summed E-state index contributed by atoms with van der Waals surface area (Å²) in [5.41, 5.74) is 7.02. The van der Waals surface area contributed by atoms with Crippen molar-refractivity contribution >= 4 is 17.2 Å². The van der Waals surface area contributed by atoms with E-state index in [1.54, 1.807) is 14.0 Å². The van der Waals surface area contributed by atoms with Crippen LogP contribution in [0.4, 0.5) is 30.4 Å². The molecule has 3 heterocycles. The van der Waals surface area contributed by atoms with Gasteiger partial charge in [0.25, 0.3) is 0 Å². The maximum absolute atomic E-state index is 13.2. The molecule has 1 saturated heterocycles. The number of benzene rings is 1. The van der Waals surface area contributed by atoms with Crippen LogP contribution in [0.5, 0.6) is 5.75 Å². The Morgan fingerprint density at radius 1 is 1.17 bits per heavy atom. The molecule has 0 unspecified atom stereocenters. The average molecular weight is 499 g/mol. The third kappa shape index (κ3) is 6.36. The molecule has 0 radical (unpaired) electrons. The molecule has 4 rings (SSSR count). The number of rotatable bonds is 5. The maximum Gasteiger partial charge on any atom is 0.419 e. The van der Waals surface area contributed by atoms with E-state index in [4.69, 9.17) is 15.7 Å². The molecular formula is C26H29F3N6O. The number of alkyl halides is 3. The van der Waals surface area contributed by atoms with Crippen molar-refractivity contribution < 1.29 is 17.9 Å². The van der Waals surface area contributed by atoms with E-state index in [0.717, 1.165) is 11.9 Å². The zero-order valence-corrected chi connectivity index (χ0v) is 20.5. The minimum atomic E-state index is -4.57.